The third kappa shape index (κ3) is 1.21. The molecule has 0 aliphatic rings. The molecule has 4 heteroatoms. The number of aromatic nitrogens is 2. The van der Waals surface area contributed by atoms with E-state index in [0.29, 0.717) is 18.2 Å². The van der Waals surface area contributed by atoms with Crippen molar-refractivity contribution in [3.63, 3.8) is 0 Å². The lowest BCUT2D eigenvalue weighted by atomic mass is 10.6. The fourth-order valence-corrected chi connectivity index (χ4v) is 0.735. The highest BCUT2D eigenvalue weighted by atomic mass is 16.5. The molecule has 0 aromatic carbocycles. The van der Waals surface area contributed by atoms with Crippen molar-refractivity contribution in [3.8, 4) is 5.88 Å². The molecule has 1 heterocycles. The second-order valence-electron chi connectivity index (χ2n) is 2.00. The minimum Gasteiger partial charge on any atom is -0.475 e. The zero-order valence-electron chi connectivity index (χ0n) is 6.16. The van der Waals surface area contributed by atoms with Crippen LogP contribution >= 0.6 is 0 Å². The van der Waals surface area contributed by atoms with Gasteiger partial charge in [-0.1, -0.05) is 0 Å². The predicted molar refractivity (Wildman–Crippen MR) is 38.8 cm³/mol. The van der Waals surface area contributed by atoms with Crippen molar-refractivity contribution in [1.29, 1.82) is 0 Å². The molecule has 0 aliphatic heterocycles. The zero-order chi connectivity index (χ0) is 7.56. The van der Waals surface area contributed by atoms with Crippen LogP contribution in [-0.2, 0) is 7.05 Å². The molecule has 1 aromatic heterocycles. The fourth-order valence-electron chi connectivity index (χ4n) is 0.735. The maximum absolute atomic E-state index is 5.52. The minimum absolute atomic E-state index is 0.519. The Bertz CT molecular complexity index is 219. The van der Waals surface area contributed by atoms with Crippen LogP contribution in [0.4, 0.5) is 5.69 Å². The van der Waals surface area contributed by atoms with Crippen molar-refractivity contribution in [2.24, 2.45) is 7.05 Å². The number of anilines is 1. The number of hydrogen-bond acceptors (Lipinski definition) is 3. The smallest absolute Gasteiger partial charge is 0.256 e. The normalized spacial score (nSPS) is 9.80. The Morgan fingerprint density at radius 1 is 1.80 bits per heavy atom. The molecule has 0 aliphatic carbocycles. The Hall–Kier alpha value is -1.19. The molecular formula is C6H11N3O. The molecule has 0 saturated heterocycles. The van der Waals surface area contributed by atoms with Gasteiger partial charge in [-0.25, -0.2) is 0 Å². The van der Waals surface area contributed by atoms with Crippen molar-refractivity contribution in [3.05, 3.63) is 6.20 Å². The molecule has 4 nitrogen and oxygen atoms in total. The van der Waals surface area contributed by atoms with E-state index in [0.717, 1.165) is 0 Å². The fraction of sp³-hybridized carbons (Fsp3) is 0.500. The van der Waals surface area contributed by atoms with Gasteiger partial charge in [-0.2, -0.15) is 0 Å². The van der Waals surface area contributed by atoms with E-state index in [1.165, 1.54) is 0 Å². The summed E-state index contributed by atoms with van der Waals surface area (Å²) < 4.78 is 6.73. The Labute approximate surface area is 59.6 Å². The Balaban J connectivity index is 2.81. The topological polar surface area (TPSA) is 53.1 Å². The van der Waals surface area contributed by atoms with Crippen LogP contribution in [0, 0.1) is 0 Å². The summed E-state index contributed by atoms with van der Waals surface area (Å²) in [5, 5.41) is 3.97. The monoisotopic (exact) mass is 141 g/mol. The summed E-state index contributed by atoms with van der Waals surface area (Å²) in [6, 6.07) is 0. The van der Waals surface area contributed by atoms with Crippen LogP contribution in [-0.4, -0.2) is 16.4 Å². The van der Waals surface area contributed by atoms with Crippen LogP contribution in [0.25, 0.3) is 0 Å². The van der Waals surface area contributed by atoms with Crippen LogP contribution < -0.4 is 10.5 Å². The van der Waals surface area contributed by atoms with Crippen LogP contribution in [0.3, 0.4) is 0 Å². The van der Waals surface area contributed by atoms with Gasteiger partial charge in [0.25, 0.3) is 5.88 Å². The molecular weight excluding hydrogens is 130 g/mol. The van der Waals surface area contributed by atoms with Gasteiger partial charge in [-0.05, 0) is 6.92 Å². The van der Waals surface area contributed by atoms with Gasteiger partial charge in [0.05, 0.1) is 12.8 Å². The quantitative estimate of drug-likeness (QED) is 0.648. The molecule has 1 aromatic rings. The first-order chi connectivity index (χ1) is 4.74. The summed E-state index contributed by atoms with van der Waals surface area (Å²) in [4.78, 5) is 0. The van der Waals surface area contributed by atoms with Crippen molar-refractivity contribution < 1.29 is 4.74 Å². The van der Waals surface area contributed by atoms with Gasteiger partial charge < -0.3 is 10.5 Å². The number of rotatable bonds is 2. The standard InChI is InChI=1S/C6H11N3O/c1-3-10-6-5(7)4-9(2)8-6/h4H,3,7H2,1-2H3. The maximum Gasteiger partial charge on any atom is 0.256 e. The highest BCUT2D eigenvalue weighted by Crippen LogP contribution is 2.16. The Morgan fingerprint density at radius 3 is 2.90 bits per heavy atom. The largest absolute Gasteiger partial charge is 0.475 e. The predicted octanol–water partition coefficient (Wildman–Crippen LogP) is 0.401. The first-order valence-electron chi connectivity index (χ1n) is 3.16. The minimum atomic E-state index is 0.519. The number of aryl methyl sites for hydroxylation is 1. The van der Waals surface area contributed by atoms with Crippen LogP contribution in [0.15, 0.2) is 6.20 Å². The van der Waals surface area contributed by atoms with Crippen molar-refractivity contribution in [2.75, 3.05) is 12.3 Å². The molecule has 1 rings (SSSR count). The molecule has 10 heavy (non-hydrogen) atoms. The van der Waals surface area contributed by atoms with E-state index in [2.05, 4.69) is 5.10 Å². The third-order valence-corrected chi connectivity index (χ3v) is 1.10. The summed E-state index contributed by atoms with van der Waals surface area (Å²) in [5.41, 5.74) is 6.11. The van der Waals surface area contributed by atoms with E-state index >= 15 is 0 Å². The van der Waals surface area contributed by atoms with Gasteiger partial charge in [-0.3, -0.25) is 4.68 Å². The Morgan fingerprint density at radius 2 is 2.50 bits per heavy atom. The zero-order valence-corrected chi connectivity index (χ0v) is 6.16. The first kappa shape index (κ1) is 6.92. The highest BCUT2D eigenvalue weighted by molar-refractivity contribution is 5.45. The van der Waals surface area contributed by atoms with Gasteiger partial charge in [0.2, 0.25) is 0 Å². The van der Waals surface area contributed by atoms with Gasteiger partial charge in [0.15, 0.2) is 0 Å². The van der Waals surface area contributed by atoms with E-state index < -0.39 is 0 Å². The van der Waals surface area contributed by atoms with Gasteiger partial charge >= 0.3 is 0 Å². The van der Waals surface area contributed by atoms with Crippen molar-refractivity contribution in [1.82, 2.24) is 9.78 Å². The van der Waals surface area contributed by atoms with E-state index in [1.807, 2.05) is 6.92 Å². The summed E-state index contributed by atoms with van der Waals surface area (Å²) in [7, 11) is 1.80. The highest BCUT2D eigenvalue weighted by Gasteiger charge is 2.02. The number of nitrogens with two attached hydrogens (primary N) is 1. The van der Waals surface area contributed by atoms with Crippen LogP contribution in [0.1, 0.15) is 6.92 Å². The molecule has 0 spiro atoms. The molecule has 0 saturated carbocycles. The molecule has 56 valence electrons. The third-order valence-electron chi connectivity index (χ3n) is 1.10. The summed E-state index contributed by atoms with van der Waals surface area (Å²) >= 11 is 0. The lowest BCUT2D eigenvalue weighted by Gasteiger charge is -1.96. The number of nitrogen functional groups attached to an aromatic ring is 1. The molecule has 0 radical (unpaired) electrons. The number of nitrogens with zero attached hydrogens (tertiary/aromatic N) is 2. The number of hydrogen-bond donors (Lipinski definition) is 1. The molecule has 2 N–H and O–H groups in total. The van der Waals surface area contributed by atoms with E-state index in [1.54, 1.807) is 17.9 Å². The molecule has 0 atom stereocenters. The summed E-state index contributed by atoms with van der Waals surface area (Å²) in [6.45, 7) is 2.50. The average Bonchev–Trinajstić information content (AvgIpc) is 2.13. The van der Waals surface area contributed by atoms with Gasteiger partial charge in [0, 0.05) is 7.05 Å². The lowest BCUT2D eigenvalue weighted by molar-refractivity contribution is 0.324. The van der Waals surface area contributed by atoms with E-state index in [-0.39, 0.29) is 0 Å². The van der Waals surface area contributed by atoms with E-state index in [9.17, 15) is 0 Å². The number of ether oxygens (including phenoxy) is 1. The van der Waals surface area contributed by atoms with Gasteiger partial charge in [0.1, 0.15) is 5.69 Å². The lowest BCUT2D eigenvalue weighted by Crippen LogP contribution is -1.95. The SMILES string of the molecule is CCOc1nn(C)cc1N. The van der Waals surface area contributed by atoms with Gasteiger partial charge in [-0.15, -0.1) is 5.10 Å². The van der Waals surface area contributed by atoms with Crippen molar-refractivity contribution >= 4 is 5.69 Å². The van der Waals surface area contributed by atoms with Crippen molar-refractivity contribution in [2.45, 2.75) is 6.92 Å². The second kappa shape index (κ2) is 2.60. The van der Waals surface area contributed by atoms with Crippen LogP contribution in [0.5, 0.6) is 5.88 Å². The molecule has 0 unspecified atom stereocenters. The first-order valence-corrected chi connectivity index (χ1v) is 3.16. The Kier molecular flexibility index (Phi) is 1.80. The molecule has 0 fully saturated rings. The molecule has 0 amide bonds. The second-order valence-corrected chi connectivity index (χ2v) is 2.00. The summed E-state index contributed by atoms with van der Waals surface area (Å²) in [5.74, 6) is 0.519. The van der Waals surface area contributed by atoms with E-state index in [4.69, 9.17) is 10.5 Å². The maximum atomic E-state index is 5.52. The summed E-state index contributed by atoms with van der Waals surface area (Å²) in [6.07, 6.45) is 1.71. The average molecular weight is 141 g/mol. The van der Waals surface area contributed by atoms with Crippen LogP contribution in [0.2, 0.25) is 0 Å². The molecule has 0 bridgehead atoms.